The van der Waals surface area contributed by atoms with Crippen molar-refractivity contribution in [3.8, 4) is 0 Å². The van der Waals surface area contributed by atoms with Crippen LogP contribution in [0.15, 0.2) is 12.4 Å². The highest BCUT2D eigenvalue weighted by Gasteiger charge is 2.03. The molecular formula is C6H14N2. The topological polar surface area (TPSA) is 38.0 Å². The van der Waals surface area contributed by atoms with E-state index in [1.54, 1.807) is 6.20 Å². The molecule has 2 heteroatoms. The lowest BCUT2D eigenvalue weighted by molar-refractivity contribution is 0.491. The van der Waals surface area contributed by atoms with Crippen LogP contribution >= 0.6 is 0 Å². The van der Waals surface area contributed by atoms with Gasteiger partial charge in [-0.05, 0) is 20.8 Å². The first-order valence-corrected chi connectivity index (χ1v) is 2.71. The summed E-state index contributed by atoms with van der Waals surface area (Å²) in [7, 11) is 0. The van der Waals surface area contributed by atoms with E-state index in [1.807, 2.05) is 0 Å². The third kappa shape index (κ3) is 5.34. The molecule has 0 radical (unpaired) electrons. The fourth-order valence-corrected chi connectivity index (χ4v) is 0.298. The van der Waals surface area contributed by atoms with Crippen molar-refractivity contribution in [3.05, 3.63) is 12.4 Å². The molecule has 2 nitrogen and oxygen atoms in total. The summed E-state index contributed by atoms with van der Waals surface area (Å²) >= 11 is 0. The van der Waals surface area contributed by atoms with Crippen molar-refractivity contribution in [1.29, 1.82) is 0 Å². The van der Waals surface area contributed by atoms with E-state index in [4.69, 9.17) is 5.73 Å². The van der Waals surface area contributed by atoms with Gasteiger partial charge >= 0.3 is 0 Å². The van der Waals surface area contributed by atoms with Crippen molar-refractivity contribution in [2.75, 3.05) is 0 Å². The minimum absolute atomic E-state index is 0.135. The van der Waals surface area contributed by atoms with Crippen molar-refractivity contribution >= 4 is 0 Å². The lowest BCUT2D eigenvalue weighted by Crippen LogP contribution is -2.31. The van der Waals surface area contributed by atoms with Gasteiger partial charge in [-0.2, -0.15) is 0 Å². The van der Waals surface area contributed by atoms with E-state index in [0.717, 1.165) is 0 Å². The number of nitrogens with two attached hydrogens (primary N) is 1. The van der Waals surface area contributed by atoms with Gasteiger partial charge < -0.3 is 11.1 Å². The Morgan fingerprint density at radius 1 is 1.38 bits per heavy atom. The minimum Gasteiger partial charge on any atom is -0.403 e. The van der Waals surface area contributed by atoms with Crippen LogP contribution in [0.25, 0.3) is 0 Å². The molecule has 48 valence electrons. The molecule has 0 fully saturated rings. The van der Waals surface area contributed by atoms with Crippen LogP contribution in [0.1, 0.15) is 20.8 Å². The molecule has 0 aliphatic rings. The zero-order chi connectivity index (χ0) is 6.62. The summed E-state index contributed by atoms with van der Waals surface area (Å²) in [5.74, 6) is 0. The summed E-state index contributed by atoms with van der Waals surface area (Å²) in [5, 5.41) is 3.07. The summed E-state index contributed by atoms with van der Waals surface area (Å²) in [6.45, 7) is 6.23. The molecule has 0 saturated carbocycles. The van der Waals surface area contributed by atoms with Crippen LogP contribution in [0.2, 0.25) is 0 Å². The molecule has 0 aliphatic carbocycles. The summed E-state index contributed by atoms with van der Waals surface area (Å²) in [6, 6.07) is 0. The van der Waals surface area contributed by atoms with Crippen LogP contribution in [0.4, 0.5) is 0 Å². The third-order valence-corrected chi connectivity index (χ3v) is 0.613. The molecule has 0 spiro atoms. The van der Waals surface area contributed by atoms with E-state index in [2.05, 4.69) is 26.1 Å². The van der Waals surface area contributed by atoms with Crippen LogP contribution in [0, 0.1) is 0 Å². The molecule has 0 rings (SSSR count). The number of hydrogen-bond acceptors (Lipinski definition) is 2. The fraction of sp³-hybridized carbons (Fsp3) is 0.667. The van der Waals surface area contributed by atoms with Crippen molar-refractivity contribution in [2.45, 2.75) is 26.3 Å². The third-order valence-electron chi connectivity index (χ3n) is 0.613. The summed E-state index contributed by atoms with van der Waals surface area (Å²) in [5.41, 5.74) is 5.23. The molecule has 0 aromatic carbocycles. The van der Waals surface area contributed by atoms with Gasteiger partial charge in [0, 0.05) is 17.9 Å². The van der Waals surface area contributed by atoms with Gasteiger partial charge in [-0.1, -0.05) is 0 Å². The SMILES string of the molecule is CC(C)(C)NC=CN. The molecule has 0 amide bonds. The first kappa shape index (κ1) is 7.34. The van der Waals surface area contributed by atoms with Gasteiger partial charge in [0.15, 0.2) is 0 Å². The molecular weight excluding hydrogens is 100 g/mol. The van der Waals surface area contributed by atoms with Crippen molar-refractivity contribution in [3.63, 3.8) is 0 Å². The Kier molecular flexibility index (Phi) is 2.38. The van der Waals surface area contributed by atoms with Gasteiger partial charge in [0.1, 0.15) is 0 Å². The largest absolute Gasteiger partial charge is 0.403 e. The Balaban J connectivity index is 3.39. The van der Waals surface area contributed by atoms with Gasteiger partial charge in [-0.15, -0.1) is 0 Å². The molecule has 0 aliphatic heterocycles. The predicted octanol–water partition coefficient (Wildman–Crippen LogP) is 0.804. The predicted molar refractivity (Wildman–Crippen MR) is 36.2 cm³/mol. The van der Waals surface area contributed by atoms with Crippen LogP contribution in [-0.4, -0.2) is 5.54 Å². The molecule has 0 bridgehead atoms. The van der Waals surface area contributed by atoms with Crippen LogP contribution in [-0.2, 0) is 0 Å². The molecule has 0 atom stereocenters. The molecule has 8 heavy (non-hydrogen) atoms. The lowest BCUT2D eigenvalue weighted by Gasteiger charge is -2.17. The van der Waals surface area contributed by atoms with Crippen molar-refractivity contribution in [1.82, 2.24) is 5.32 Å². The average molecular weight is 114 g/mol. The Morgan fingerprint density at radius 2 is 1.88 bits per heavy atom. The Labute approximate surface area is 50.8 Å². The quantitative estimate of drug-likeness (QED) is 0.529. The second-order valence-corrected chi connectivity index (χ2v) is 2.75. The Bertz CT molecular complexity index is 79.0. The van der Waals surface area contributed by atoms with Gasteiger partial charge in [-0.3, -0.25) is 0 Å². The maximum Gasteiger partial charge on any atom is 0.0284 e. The van der Waals surface area contributed by atoms with Crippen LogP contribution in [0.3, 0.4) is 0 Å². The van der Waals surface area contributed by atoms with Gasteiger partial charge in [0.05, 0.1) is 0 Å². The highest BCUT2D eigenvalue weighted by Crippen LogP contribution is 1.96. The molecule has 0 unspecified atom stereocenters. The first-order chi connectivity index (χ1) is 3.56. The summed E-state index contributed by atoms with van der Waals surface area (Å²) in [6.07, 6.45) is 3.23. The second-order valence-electron chi connectivity index (χ2n) is 2.75. The normalized spacial score (nSPS) is 12.4. The van der Waals surface area contributed by atoms with Gasteiger partial charge in [0.2, 0.25) is 0 Å². The molecule has 0 heterocycles. The highest BCUT2D eigenvalue weighted by molar-refractivity contribution is 4.81. The van der Waals surface area contributed by atoms with Gasteiger partial charge in [-0.25, -0.2) is 0 Å². The minimum atomic E-state index is 0.135. The van der Waals surface area contributed by atoms with E-state index >= 15 is 0 Å². The number of hydrogen-bond donors (Lipinski definition) is 2. The smallest absolute Gasteiger partial charge is 0.0284 e. The fourth-order valence-electron chi connectivity index (χ4n) is 0.298. The average Bonchev–Trinajstić information content (AvgIpc) is 1.59. The summed E-state index contributed by atoms with van der Waals surface area (Å²) < 4.78 is 0. The van der Waals surface area contributed by atoms with E-state index in [9.17, 15) is 0 Å². The summed E-state index contributed by atoms with van der Waals surface area (Å²) in [4.78, 5) is 0. The van der Waals surface area contributed by atoms with Crippen LogP contribution in [0.5, 0.6) is 0 Å². The molecule has 3 N–H and O–H groups in total. The Hall–Kier alpha value is -0.660. The van der Waals surface area contributed by atoms with E-state index < -0.39 is 0 Å². The van der Waals surface area contributed by atoms with E-state index in [-0.39, 0.29) is 5.54 Å². The van der Waals surface area contributed by atoms with Crippen molar-refractivity contribution in [2.24, 2.45) is 5.73 Å². The van der Waals surface area contributed by atoms with Crippen LogP contribution < -0.4 is 11.1 Å². The molecule has 0 aromatic rings. The lowest BCUT2D eigenvalue weighted by atomic mass is 10.1. The highest BCUT2D eigenvalue weighted by atomic mass is 14.9. The maximum atomic E-state index is 5.09. The number of rotatable bonds is 1. The first-order valence-electron chi connectivity index (χ1n) is 2.71. The van der Waals surface area contributed by atoms with E-state index in [0.29, 0.717) is 0 Å². The van der Waals surface area contributed by atoms with Crippen molar-refractivity contribution < 1.29 is 0 Å². The number of nitrogens with one attached hydrogen (secondary N) is 1. The molecule has 0 saturated heterocycles. The second kappa shape index (κ2) is 2.60. The van der Waals surface area contributed by atoms with E-state index in [1.165, 1.54) is 6.20 Å². The van der Waals surface area contributed by atoms with Gasteiger partial charge in [0.25, 0.3) is 0 Å². The maximum absolute atomic E-state index is 5.09. The standard InChI is InChI=1S/C6H14N2/c1-6(2,3)8-5-4-7/h4-5,8H,7H2,1-3H3. The Morgan fingerprint density at radius 3 is 2.00 bits per heavy atom. The molecule has 0 aromatic heterocycles. The zero-order valence-corrected chi connectivity index (χ0v) is 5.73. The monoisotopic (exact) mass is 114 g/mol. The zero-order valence-electron chi connectivity index (χ0n) is 5.73.